The molecule has 2 aromatic rings. The van der Waals surface area contributed by atoms with Crippen LogP contribution >= 0.6 is 0 Å². The van der Waals surface area contributed by atoms with Crippen molar-refractivity contribution in [2.24, 2.45) is 0 Å². The minimum Gasteiger partial charge on any atom is -0.478 e. The fourth-order valence-electron chi connectivity index (χ4n) is 2.65. The topological polar surface area (TPSA) is 113 Å². The molecule has 0 bridgehead atoms. The number of hydrogen-bond donors (Lipinski definition) is 1. The van der Waals surface area contributed by atoms with Crippen LogP contribution in [0.2, 0.25) is 0 Å². The highest BCUT2D eigenvalue weighted by atomic mass is 16.6. The molecule has 0 atom stereocenters. The predicted octanol–water partition coefficient (Wildman–Crippen LogP) is 1.19. The van der Waals surface area contributed by atoms with Crippen molar-refractivity contribution in [2.75, 3.05) is 31.1 Å². The summed E-state index contributed by atoms with van der Waals surface area (Å²) in [6.07, 6.45) is 1.08. The average molecular weight is 362 g/mol. The molecule has 140 valence electrons. The third-order valence-corrected chi connectivity index (χ3v) is 3.96. The number of carboxylic acids is 1. The molecule has 1 N–H and O–H groups in total. The Kier molecular flexibility index (Phi) is 4.43. The molecule has 0 saturated carbocycles. The van der Waals surface area contributed by atoms with Crippen LogP contribution in [0.3, 0.4) is 0 Å². The third kappa shape index (κ3) is 3.68. The van der Waals surface area contributed by atoms with Gasteiger partial charge in [-0.05, 0) is 27.7 Å². The van der Waals surface area contributed by atoms with Crippen LogP contribution < -0.4 is 4.90 Å². The molecule has 1 aliphatic rings. The number of aromatic nitrogens is 4. The number of anilines is 1. The van der Waals surface area contributed by atoms with Crippen molar-refractivity contribution >= 4 is 23.8 Å². The van der Waals surface area contributed by atoms with Crippen LogP contribution in [-0.4, -0.2) is 73.4 Å². The number of carbonyl (C=O) groups excluding carboxylic acids is 1. The quantitative estimate of drug-likeness (QED) is 0.847. The number of hydrogen-bond acceptors (Lipinski definition) is 7. The molecule has 0 radical (unpaired) electrons. The summed E-state index contributed by atoms with van der Waals surface area (Å²) in [4.78, 5) is 35.5. The Bertz CT molecular complexity index is 848. The molecule has 2 aromatic heterocycles. The van der Waals surface area contributed by atoms with E-state index in [2.05, 4.69) is 15.1 Å². The maximum Gasteiger partial charge on any atom is 0.410 e. The molecule has 3 heterocycles. The highest BCUT2D eigenvalue weighted by Crippen LogP contribution is 2.16. The first kappa shape index (κ1) is 17.9. The fraction of sp³-hybridized carbons (Fsp3) is 0.562. The van der Waals surface area contributed by atoms with Crippen molar-refractivity contribution in [3.8, 4) is 0 Å². The number of fused-ring (bicyclic) bond motifs is 1. The van der Waals surface area contributed by atoms with Crippen molar-refractivity contribution in [1.82, 2.24) is 24.5 Å². The van der Waals surface area contributed by atoms with Gasteiger partial charge in [0.25, 0.3) is 5.78 Å². The van der Waals surface area contributed by atoms with E-state index in [0.29, 0.717) is 43.6 Å². The van der Waals surface area contributed by atoms with E-state index in [4.69, 9.17) is 4.74 Å². The van der Waals surface area contributed by atoms with Gasteiger partial charge in [0, 0.05) is 32.4 Å². The van der Waals surface area contributed by atoms with Gasteiger partial charge in [-0.3, -0.25) is 0 Å². The minimum absolute atomic E-state index is 0.0868. The second-order valence-electron chi connectivity index (χ2n) is 7.16. The number of ether oxygens (including phenoxy) is 1. The lowest BCUT2D eigenvalue weighted by Crippen LogP contribution is -2.50. The summed E-state index contributed by atoms with van der Waals surface area (Å²) in [5.41, 5.74) is -0.0506. The van der Waals surface area contributed by atoms with Gasteiger partial charge in [-0.2, -0.15) is 4.98 Å². The first-order valence-electron chi connectivity index (χ1n) is 8.34. The van der Waals surface area contributed by atoms with Crippen LogP contribution in [0.25, 0.3) is 5.78 Å². The third-order valence-electron chi connectivity index (χ3n) is 3.96. The van der Waals surface area contributed by atoms with Gasteiger partial charge < -0.3 is 19.6 Å². The first-order valence-corrected chi connectivity index (χ1v) is 8.34. The molecule has 0 aliphatic carbocycles. The molecule has 1 saturated heterocycles. The Morgan fingerprint density at radius 3 is 2.38 bits per heavy atom. The molecular formula is C16H22N6O4. The summed E-state index contributed by atoms with van der Waals surface area (Å²) >= 11 is 0. The van der Waals surface area contributed by atoms with Crippen LogP contribution in [0, 0.1) is 6.92 Å². The standard InChI is InChI=1S/C16H22N6O4/c1-10-11(12(23)24)9-22-13(17-10)18-14(19-22)20-5-7-21(8-6-20)15(25)26-16(2,3)4/h9H,5-8H2,1-4H3,(H,23,24). The van der Waals surface area contributed by atoms with Crippen LogP contribution in [0.4, 0.5) is 10.7 Å². The summed E-state index contributed by atoms with van der Waals surface area (Å²) < 4.78 is 6.75. The van der Waals surface area contributed by atoms with Gasteiger partial charge in [-0.15, -0.1) is 5.10 Å². The summed E-state index contributed by atoms with van der Waals surface area (Å²) in [6, 6.07) is 0. The molecule has 0 aromatic carbocycles. The molecule has 1 fully saturated rings. The summed E-state index contributed by atoms with van der Waals surface area (Å²) in [5, 5.41) is 13.5. The Morgan fingerprint density at radius 2 is 1.81 bits per heavy atom. The second-order valence-corrected chi connectivity index (χ2v) is 7.16. The van der Waals surface area contributed by atoms with E-state index in [1.165, 1.54) is 10.7 Å². The molecule has 26 heavy (non-hydrogen) atoms. The lowest BCUT2D eigenvalue weighted by molar-refractivity contribution is 0.0240. The number of nitrogens with zero attached hydrogens (tertiary/aromatic N) is 6. The van der Waals surface area contributed by atoms with E-state index in [-0.39, 0.29) is 11.7 Å². The Hall–Kier alpha value is -2.91. The lowest BCUT2D eigenvalue weighted by Gasteiger charge is -2.35. The van der Waals surface area contributed by atoms with Crippen molar-refractivity contribution in [2.45, 2.75) is 33.3 Å². The van der Waals surface area contributed by atoms with Gasteiger partial charge in [0.1, 0.15) is 5.60 Å². The Morgan fingerprint density at radius 1 is 1.15 bits per heavy atom. The molecule has 1 amide bonds. The van der Waals surface area contributed by atoms with Crippen LogP contribution in [-0.2, 0) is 4.74 Å². The normalized spacial score (nSPS) is 15.4. The molecule has 0 spiro atoms. The number of amides is 1. The van der Waals surface area contributed by atoms with E-state index in [1.807, 2.05) is 25.7 Å². The molecule has 3 rings (SSSR count). The Labute approximate surface area is 150 Å². The SMILES string of the molecule is Cc1nc2nc(N3CCN(C(=O)OC(C)(C)C)CC3)nn2cc1C(=O)O. The molecule has 0 unspecified atom stereocenters. The number of piperazine rings is 1. The van der Waals surface area contributed by atoms with E-state index < -0.39 is 11.6 Å². The lowest BCUT2D eigenvalue weighted by atomic mass is 10.2. The molecular weight excluding hydrogens is 340 g/mol. The fourth-order valence-corrected chi connectivity index (χ4v) is 2.65. The average Bonchev–Trinajstić information content (AvgIpc) is 2.95. The largest absolute Gasteiger partial charge is 0.478 e. The highest BCUT2D eigenvalue weighted by Gasteiger charge is 2.27. The number of carboxylic acid groups (broad SMARTS) is 1. The monoisotopic (exact) mass is 362 g/mol. The Balaban J connectivity index is 1.71. The zero-order chi connectivity index (χ0) is 19.1. The van der Waals surface area contributed by atoms with Crippen molar-refractivity contribution in [3.05, 3.63) is 17.5 Å². The minimum atomic E-state index is -1.06. The molecule has 1 aliphatic heterocycles. The van der Waals surface area contributed by atoms with Crippen LogP contribution in [0.5, 0.6) is 0 Å². The summed E-state index contributed by atoms with van der Waals surface area (Å²) in [7, 11) is 0. The first-order chi connectivity index (χ1) is 12.1. The van der Waals surface area contributed by atoms with Crippen molar-refractivity contribution in [3.63, 3.8) is 0 Å². The smallest absolute Gasteiger partial charge is 0.410 e. The predicted molar refractivity (Wildman–Crippen MR) is 92.5 cm³/mol. The van der Waals surface area contributed by atoms with Gasteiger partial charge in [-0.1, -0.05) is 0 Å². The van der Waals surface area contributed by atoms with E-state index in [9.17, 15) is 14.7 Å². The van der Waals surface area contributed by atoms with Crippen molar-refractivity contribution < 1.29 is 19.4 Å². The number of carbonyl (C=O) groups is 2. The molecule has 10 heteroatoms. The van der Waals surface area contributed by atoms with Crippen LogP contribution in [0.15, 0.2) is 6.20 Å². The second kappa shape index (κ2) is 6.43. The van der Waals surface area contributed by atoms with Gasteiger partial charge >= 0.3 is 12.1 Å². The van der Waals surface area contributed by atoms with Crippen LogP contribution in [0.1, 0.15) is 36.8 Å². The van der Waals surface area contributed by atoms with E-state index in [1.54, 1.807) is 11.8 Å². The van der Waals surface area contributed by atoms with Crippen molar-refractivity contribution in [1.29, 1.82) is 0 Å². The number of aryl methyl sites for hydroxylation is 1. The number of rotatable bonds is 2. The summed E-state index contributed by atoms with van der Waals surface area (Å²) in [6.45, 7) is 9.24. The van der Waals surface area contributed by atoms with E-state index >= 15 is 0 Å². The van der Waals surface area contributed by atoms with Gasteiger partial charge in [0.05, 0.1) is 11.3 Å². The zero-order valence-corrected chi connectivity index (χ0v) is 15.3. The highest BCUT2D eigenvalue weighted by molar-refractivity contribution is 5.88. The van der Waals surface area contributed by atoms with Gasteiger partial charge in [0.15, 0.2) is 0 Å². The van der Waals surface area contributed by atoms with Gasteiger partial charge in [0.2, 0.25) is 5.95 Å². The molecule has 10 nitrogen and oxygen atoms in total. The maximum atomic E-state index is 12.1. The number of aromatic carboxylic acids is 1. The zero-order valence-electron chi connectivity index (χ0n) is 15.3. The maximum absolute atomic E-state index is 12.1. The van der Waals surface area contributed by atoms with E-state index in [0.717, 1.165) is 0 Å². The summed E-state index contributed by atoms with van der Waals surface area (Å²) in [5.74, 6) is -0.250. The van der Waals surface area contributed by atoms with Gasteiger partial charge in [-0.25, -0.2) is 19.1 Å².